The quantitative estimate of drug-likeness (QED) is 0.521. The summed E-state index contributed by atoms with van der Waals surface area (Å²) < 4.78 is 0. The number of nitrogens with zero attached hydrogens (tertiary/aromatic N) is 1. The van der Waals surface area contributed by atoms with Crippen LogP contribution in [0.2, 0.25) is 5.02 Å². The Kier molecular flexibility index (Phi) is 5.74. The van der Waals surface area contributed by atoms with Gasteiger partial charge in [-0.25, -0.2) is 0 Å². The largest absolute Gasteiger partial charge is 0.369 e. The van der Waals surface area contributed by atoms with Crippen LogP contribution in [0.25, 0.3) is 0 Å². The van der Waals surface area contributed by atoms with Gasteiger partial charge in [0.25, 0.3) is 11.6 Å². The second-order valence-electron chi connectivity index (χ2n) is 5.97. The fraction of sp³-hybridized carbons (Fsp3) is 0.467. The Morgan fingerprint density at radius 3 is 2.54 bits per heavy atom. The summed E-state index contributed by atoms with van der Waals surface area (Å²) in [4.78, 5) is 34.8. The van der Waals surface area contributed by atoms with E-state index in [1.807, 2.05) is 0 Å². The number of carbonyl (C=O) groups is 2. The van der Waals surface area contributed by atoms with Crippen LogP contribution >= 0.6 is 11.6 Å². The predicted octanol–water partition coefficient (Wildman–Crippen LogP) is 0.355. The molecule has 1 aliphatic rings. The normalized spacial score (nSPS) is 21.8. The van der Waals surface area contributed by atoms with Crippen LogP contribution in [0, 0.1) is 16.0 Å². The number of primary amides is 1. The number of carbonyl (C=O) groups excluding carboxylic acids is 2. The lowest BCUT2D eigenvalue weighted by molar-refractivity contribution is -0.919. The maximum absolute atomic E-state index is 12.4. The molecule has 0 aromatic heterocycles. The smallest absolute Gasteiger partial charge is 0.282 e. The summed E-state index contributed by atoms with van der Waals surface area (Å²) in [5.74, 6) is -0.629. The number of hydrogen-bond donors (Lipinski definition) is 3. The van der Waals surface area contributed by atoms with Crippen molar-refractivity contribution in [2.75, 3.05) is 18.4 Å². The van der Waals surface area contributed by atoms with Crippen LogP contribution in [0.3, 0.4) is 0 Å². The number of nitro benzene ring substituents is 1. The zero-order chi connectivity index (χ0) is 17.9. The van der Waals surface area contributed by atoms with Crippen molar-refractivity contribution in [1.29, 1.82) is 0 Å². The van der Waals surface area contributed by atoms with E-state index in [0.29, 0.717) is 31.6 Å². The Morgan fingerprint density at radius 2 is 2.04 bits per heavy atom. The SMILES string of the molecule is C[C@@H](C(=O)Nc1ccc([N+](=O)[O-])cc1Cl)[NH+]1CCC(C(N)=O)CC1. The number of rotatable bonds is 5. The summed E-state index contributed by atoms with van der Waals surface area (Å²) >= 11 is 5.98. The first-order valence-electron chi connectivity index (χ1n) is 7.68. The molecule has 0 radical (unpaired) electrons. The van der Waals surface area contributed by atoms with Crippen molar-refractivity contribution < 1.29 is 19.4 Å². The van der Waals surface area contributed by atoms with Gasteiger partial charge in [-0.3, -0.25) is 19.7 Å². The van der Waals surface area contributed by atoms with Crippen LogP contribution in [0.5, 0.6) is 0 Å². The molecule has 24 heavy (non-hydrogen) atoms. The standard InChI is InChI=1S/C15H19ClN4O4/c1-9(19-6-4-10(5-7-19)14(17)21)15(22)18-13-3-2-11(20(23)24)8-12(13)16/h2-3,8-10H,4-7H2,1H3,(H2,17,21)(H,18,22)/p+1/t9-/m0/s1. The Labute approximate surface area is 144 Å². The number of hydrogen-bond acceptors (Lipinski definition) is 4. The van der Waals surface area contributed by atoms with Gasteiger partial charge in [0.2, 0.25) is 5.91 Å². The van der Waals surface area contributed by atoms with Gasteiger partial charge in [0.1, 0.15) is 0 Å². The van der Waals surface area contributed by atoms with Gasteiger partial charge in [-0.1, -0.05) is 11.6 Å². The van der Waals surface area contributed by atoms with Crippen molar-refractivity contribution in [3.05, 3.63) is 33.3 Å². The predicted molar refractivity (Wildman–Crippen MR) is 88.8 cm³/mol. The van der Waals surface area contributed by atoms with Crippen LogP contribution in [-0.4, -0.2) is 35.9 Å². The Bertz CT molecular complexity index is 659. The third-order valence-corrected chi connectivity index (χ3v) is 4.77. The summed E-state index contributed by atoms with van der Waals surface area (Å²) in [6.45, 7) is 3.18. The highest BCUT2D eigenvalue weighted by Gasteiger charge is 2.32. The van der Waals surface area contributed by atoms with Crippen LogP contribution in [0.4, 0.5) is 11.4 Å². The lowest BCUT2D eigenvalue weighted by atomic mass is 9.95. The molecule has 1 saturated heterocycles. The number of likely N-dealkylation sites (tertiary alicyclic amines) is 1. The van der Waals surface area contributed by atoms with E-state index < -0.39 is 4.92 Å². The molecule has 1 fully saturated rings. The number of benzene rings is 1. The van der Waals surface area contributed by atoms with E-state index in [-0.39, 0.29) is 34.5 Å². The zero-order valence-corrected chi connectivity index (χ0v) is 14.0. The maximum Gasteiger partial charge on any atom is 0.282 e. The molecular formula is C15H20ClN4O4+. The molecular weight excluding hydrogens is 336 g/mol. The first kappa shape index (κ1) is 18.2. The zero-order valence-electron chi connectivity index (χ0n) is 13.3. The minimum absolute atomic E-state index is 0.117. The van der Waals surface area contributed by atoms with Gasteiger partial charge in [-0.2, -0.15) is 0 Å². The van der Waals surface area contributed by atoms with Gasteiger partial charge in [0.15, 0.2) is 6.04 Å². The van der Waals surface area contributed by atoms with E-state index in [0.717, 1.165) is 4.90 Å². The van der Waals surface area contributed by atoms with Gasteiger partial charge >= 0.3 is 0 Å². The van der Waals surface area contributed by atoms with E-state index in [1.54, 1.807) is 6.92 Å². The highest BCUT2D eigenvalue weighted by Crippen LogP contribution is 2.26. The molecule has 0 bridgehead atoms. The number of amides is 2. The van der Waals surface area contributed by atoms with Crippen molar-refractivity contribution in [2.45, 2.75) is 25.8 Å². The van der Waals surface area contributed by atoms with Gasteiger partial charge in [-0.05, 0) is 13.0 Å². The Morgan fingerprint density at radius 1 is 1.42 bits per heavy atom. The van der Waals surface area contributed by atoms with Crippen molar-refractivity contribution in [2.24, 2.45) is 11.7 Å². The minimum Gasteiger partial charge on any atom is -0.369 e. The second-order valence-corrected chi connectivity index (χ2v) is 6.37. The number of halogens is 1. The molecule has 9 heteroatoms. The summed E-state index contributed by atoms with van der Waals surface area (Å²) in [5.41, 5.74) is 5.52. The van der Waals surface area contributed by atoms with E-state index in [4.69, 9.17) is 17.3 Å². The fourth-order valence-corrected chi connectivity index (χ4v) is 3.07. The van der Waals surface area contributed by atoms with E-state index in [9.17, 15) is 19.7 Å². The molecule has 2 rings (SSSR count). The number of non-ortho nitro benzene ring substituents is 1. The monoisotopic (exact) mass is 355 g/mol. The van der Waals surface area contributed by atoms with Gasteiger partial charge < -0.3 is 16.0 Å². The van der Waals surface area contributed by atoms with E-state index >= 15 is 0 Å². The summed E-state index contributed by atoms with van der Waals surface area (Å²) in [6, 6.07) is 3.58. The minimum atomic E-state index is -0.548. The lowest BCUT2D eigenvalue weighted by Crippen LogP contribution is -3.17. The Balaban J connectivity index is 1.97. The molecule has 1 atom stereocenters. The third kappa shape index (κ3) is 4.21. The van der Waals surface area contributed by atoms with Crippen molar-refractivity contribution in [3.63, 3.8) is 0 Å². The molecule has 1 heterocycles. The maximum atomic E-state index is 12.4. The van der Waals surface area contributed by atoms with Crippen LogP contribution in [0.1, 0.15) is 19.8 Å². The highest BCUT2D eigenvalue weighted by atomic mass is 35.5. The average Bonchev–Trinajstić information content (AvgIpc) is 2.55. The van der Waals surface area contributed by atoms with Crippen molar-refractivity contribution >= 4 is 34.8 Å². The number of piperidine rings is 1. The van der Waals surface area contributed by atoms with Crippen molar-refractivity contribution in [1.82, 2.24) is 0 Å². The molecule has 1 aromatic rings. The number of nitrogens with two attached hydrogens (primary N) is 1. The molecule has 0 unspecified atom stereocenters. The van der Waals surface area contributed by atoms with E-state index in [2.05, 4.69) is 5.32 Å². The number of nitrogens with one attached hydrogen (secondary N) is 2. The third-order valence-electron chi connectivity index (χ3n) is 4.46. The summed E-state index contributed by atoms with van der Waals surface area (Å²) in [7, 11) is 0. The average molecular weight is 356 g/mol. The van der Waals surface area contributed by atoms with Gasteiger partial charge in [0.05, 0.1) is 28.7 Å². The fourth-order valence-electron chi connectivity index (χ4n) is 2.85. The molecule has 0 aliphatic carbocycles. The first-order chi connectivity index (χ1) is 11.3. The Hall–Kier alpha value is -2.19. The van der Waals surface area contributed by atoms with Crippen LogP contribution in [0.15, 0.2) is 18.2 Å². The molecule has 8 nitrogen and oxygen atoms in total. The molecule has 1 aromatic carbocycles. The summed E-state index contributed by atoms with van der Waals surface area (Å²) in [6.07, 6.45) is 1.33. The summed E-state index contributed by atoms with van der Waals surface area (Å²) in [5, 5.41) is 13.5. The van der Waals surface area contributed by atoms with E-state index in [1.165, 1.54) is 18.2 Å². The van der Waals surface area contributed by atoms with Gasteiger partial charge in [0, 0.05) is 30.9 Å². The second kappa shape index (κ2) is 7.59. The lowest BCUT2D eigenvalue weighted by Gasteiger charge is -2.31. The number of anilines is 1. The van der Waals surface area contributed by atoms with Gasteiger partial charge in [-0.15, -0.1) is 0 Å². The first-order valence-corrected chi connectivity index (χ1v) is 8.06. The topological polar surface area (TPSA) is 120 Å². The highest BCUT2D eigenvalue weighted by molar-refractivity contribution is 6.34. The molecule has 0 saturated carbocycles. The molecule has 4 N–H and O–H groups in total. The number of quaternary nitrogens is 1. The molecule has 0 spiro atoms. The number of nitro groups is 1. The van der Waals surface area contributed by atoms with Crippen molar-refractivity contribution in [3.8, 4) is 0 Å². The van der Waals surface area contributed by atoms with Crippen LogP contribution < -0.4 is 16.0 Å². The molecule has 130 valence electrons. The van der Waals surface area contributed by atoms with Crippen LogP contribution in [-0.2, 0) is 9.59 Å². The molecule has 2 amide bonds. The molecule has 1 aliphatic heterocycles.